The molecule has 1 aromatic heterocycles. The zero-order valence-corrected chi connectivity index (χ0v) is 10.7. The predicted octanol–water partition coefficient (Wildman–Crippen LogP) is 3.94. The van der Waals surface area contributed by atoms with Crippen molar-refractivity contribution in [1.82, 2.24) is 4.98 Å². The van der Waals surface area contributed by atoms with Gasteiger partial charge in [-0.2, -0.15) is 0 Å². The summed E-state index contributed by atoms with van der Waals surface area (Å²) in [6, 6.07) is 12.2. The van der Waals surface area contributed by atoms with Gasteiger partial charge in [-0.25, -0.2) is 0 Å². The molecule has 2 rings (SSSR count). The Labute approximate surface area is 104 Å². The van der Waals surface area contributed by atoms with E-state index < -0.39 is 0 Å². The summed E-state index contributed by atoms with van der Waals surface area (Å²) in [5, 5.41) is 3.28. The quantitative estimate of drug-likeness (QED) is 0.919. The molecule has 0 radical (unpaired) electrons. The average Bonchev–Trinajstić information content (AvgIpc) is 2.31. The van der Waals surface area contributed by atoms with E-state index >= 15 is 0 Å². The van der Waals surface area contributed by atoms with E-state index in [0.717, 1.165) is 28.0 Å². The number of anilines is 1. The van der Waals surface area contributed by atoms with Crippen molar-refractivity contribution in [2.45, 2.75) is 6.92 Å². The highest BCUT2D eigenvalue weighted by Crippen LogP contribution is 2.21. The van der Waals surface area contributed by atoms with Crippen LogP contribution in [0.1, 0.15) is 6.92 Å². The van der Waals surface area contributed by atoms with Crippen LogP contribution in [-0.4, -0.2) is 11.5 Å². The van der Waals surface area contributed by atoms with E-state index in [2.05, 4.69) is 51.4 Å². The third kappa shape index (κ3) is 2.61. The average molecular weight is 277 g/mol. The van der Waals surface area contributed by atoms with Crippen LogP contribution in [0, 0.1) is 0 Å². The second kappa shape index (κ2) is 5.12. The predicted molar refractivity (Wildman–Crippen MR) is 71.5 cm³/mol. The molecule has 0 unspecified atom stereocenters. The second-order valence-corrected chi connectivity index (χ2v) is 4.38. The largest absolute Gasteiger partial charge is 0.385 e. The number of nitrogens with one attached hydrogen (secondary N) is 1. The molecular formula is C13H13BrN2. The summed E-state index contributed by atoms with van der Waals surface area (Å²) < 4.78 is 1.08. The van der Waals surface area contributed by atoms with Gasteiger partial charge in [-0.3, -0.25) is 4.98 Å². The minimum atomic E-state index is 0.920. The van der Waals surface area contributed by atoms with E-state index in [9.17, 15) is 0 Å². The highest BCUT2D eigenvalue weighted by atomic mass is 79.9. The van der Waals surface area contributed by atoms with Crippen LogP contribution >= 0.6 is 15.9 Å². The maximum Gasteiger partial charge on any atom is 0.0722 e. The van der Waals surface area contributed by atoms with Crippen molar-refractivity contribution in [3.8, 4) is 11.3 Å². The number of hydrogen-bond donors (Lipinski definition) is 1. The van der Waals surface area contributed by atoms with Crippen LogP contribution < -0.4 is 5.32 Å². The lowest BCUT2D eigenvalue weighted by Gasteiger charge is -2.05. The van der Waals surface area contributed by atoms with Gasteiger partial charge in [0.15, 0.2) is 0 Å². The van der Waals surface area contributed by atoms with Crippen molar-refractivity contribution >= 4 is 21.6 Å². The Morgan fingerprint density at radius 1 is 1.19 bits per heavy atom. The van der Waals surface area contributed by atoms with Gasteiger partial charge in [0.25, 0.3) is 0 Å². The van der Waals surface area contributed by atoms with Crippen molar-refractivity contribution in [1.29, 1.82) is 0 Å². The maximum absolute atomic E-state index is 4.37. The molecule has 0 fully saturated rings. The lowest BCUT2D eigenvalue weighted by atomic mass is 10.1. The van der Waals surface area contributed by atoms with Crippen LogP contribution in [0.3, 0.4) is 0 Å². The molecule has 0 saturated carbocycles. The molecule has 0 aliphatic rings. The summed E-state index contributed by atoms with van der Waals surface area (Å²) >= 11 is 3.42. The first kappa shape index (κ1) is 11.1. The summed E-state index contributed by atoms with van der Waals surface area (Å²) in [7, 11) is 0. The van der Waals surface area contributed by atoms with Crippen molar-refractivity contribution in [2.75, 3.05) is 11.9 Å². The molecule has 2 nitrogen and oxygen atoms in total. The molecule has 2 aromatic rings. The first-order valence-corrected chi connectivity index (χ1v) is 6.05. The Bertz CT molecular complexity index is 466. The van der Waals surface area contributed by atoms with Gasteiger partial charge in [0.05, 0.1) is 5.69 Å². The van der Waals surface area contributed by atoms with Crippen molar-refractivity contribution < 1.29 is 0 Å². The molecule has 3 heteroatoms. The number of nitrogens with zero attached hydrogens (tertiary/aromatic N) is 1. The number of pyridine rings is 1. The van der Waals surface area contributed by atoms with Gasteiger partial charge < -0.3 is 5.32 Å². The Morgan fingerprint density at radius 2 is 1.94 bits per heavy atom. The zero-order valence-electron chi connectivity index (χ0n) is 9.07. The van der Waals surface area contributed by atoms with Crippen LogP contribution in [0.25, 0.3) is 11.3 Å². The Hall–Kier alpha value is -1.35. The van der Waals surface area contributed by atoms with E-state index in [0.29, 0.717) is 0 Å². The fourth-order valence-corrected chi connectivity index (χ4v) is 1.79. The molecule has 1 heterocycles. The molecule has 0 spiro atoms. The second-order valence-electron chi connectivity index (χ2n) is 3.47. The van der Waals surface area contributed by atoms with Gasteiger partial charge in [-0.1, -0.05) is 28.1 Å². The van der Waals surface area contributed by atoms with Crippen LogP contribution in [0.2, 0.25) is 0 Å². The molecule has 1 N–H and O–H groups in total. The lowest BCUT2D eigenvalue weighted by molar-refractivity contribution is 1.20. The maximum atomic E-state index is 4.37. The van der Waals surface area contributed by atoms with Crippen molar-refractivity contribution in [3.05, 3.63) is 47.1 Å². The molecule has 0 atom stereocenters. The summed E-state index contributed by atoms with van der Waals surface area (Å²) in [6.07, 6.45) is 1.83. The van der Waals surface area contributed by atoms with Crippen molar-refractivity contribution in [2.24, 2.45) is 0 Å². The smallest absolute Gasteiger partial charge is 0.0722 e. The SMILES string of the molecule is CCNc1ccnc(-c2ccc(Br)cc2)c1. The zero-order chi connectivity index (χ0) is 11.4. The first-order valence-electron chi connectivity index (χ1n) is 5.25. The summed E-state index contributed by atoms with van der Waals surface area (Å²) in [5.74, 6) is 0. The number of rotatable bonds is 3. The first-order chi connectivity index (χ1) is 7.79. The molecule has 0 saturated heterocycles. The molecule has 0 aliphatic carbocycles. The Balaban J connectivity index is 2.32. The number of aromatic nitrogens is 1. The van der Waals surface area contributed by atoms with Crippen LogP contribution in [0.15, 0.2) is 47.1 Å². The van der Waals surface area contributed by atoms with E-state index in [-0.39, 0.29) is 0 Å². The van der Waals surface area contributed by atoms with Crippen LogP contribution in [0.5, 0.6) is 0 Å². The van der Waals surface area contributed by atoms with Crippen LogP contribution in [-0.2, 0) is 0 Å². The highest BCUT2D eigenvalue weighted by molar-refractivity contribution is 9.10. The minimum Gasteiger partial charge on any atom is -0.385 e. The third-order valence-electron chi connectivity index (χ3n) is 2.28. The Morgan fingerprint density at radius 3 is 2.62 bits per heavy atom. The molecule has 16 heavy (non-hydrogen) atoms. The van der Waals surface area contributed by atoms with E-state index in [1.807, 2.05) is 24.4 Å². The number of halogens is 1. The standard InChI is InChI=1S/C13H13BrN2/c1-2-15-12-7-8-16-13(9-12)10-3-5-11(14)6-4-10/h3-9H,2H2,1H3,(H,15,16). The molecule has 0 amide bonds. The normalized spacial score (nSPS) is 10.1. The van der Waals surface area contributed by atoms with Crippen molar-refractivity contribution in [3.63, 3.8) is 0 Å². The van der Waals surface area contributed by atoms with Crippen LogP contribution in [0.4, 0.5) is 5.69 Å². The third-order valence-corrected chi connectivity index (χ3v) is 2.81. The topological polar surface area (TPSA) is 24.9 Å². The highest BCUT2D eigenvalue weighted by Gasteiger charge is 1.99. The van der Waals surface area contributed by atoms with Gasteiger partial charge in [0.1, 0.15) is 0 Å². The molecule has 0 bridgehead atoms. The molecular weight excluding hydrogens is 264 g/mol. The monoisotopic (exact) mass is 276 g/mol. The number of hydrogen-bond acceptors (Lipinski definition) is 2. The fourth-order valence-electron chi connectivity index (χ4n) is 1.52. The van der Waals surface area contributed by atoms with Gasteiger partial charge in [-0.05, 0) is 31.2 Å². The lowest BCUT2D eigenvalue weighted by Crippen LogP contribution is -1.96. The molecule has 1 aromatic carbocycles. The van der Waals surface area contributed by atoms with Gasteiger partial charge >= 0.3 is 0 Å². The fraction of sp³-hybridized carbons (Fsp3) is 0.154. The van der Waals surface area contributed by atoms with E-state index in [4.69, 9.17) is 0 Å². The Kier molecular flexibility index (Phi) is 3.57. The summed E-state index contributed by atoms with van der Waals surface area (Å²) in [5.41, 5.74) is 3.23. The summed E-state index contributed by atoms with van der Waals surface area (Å²) in [6.45, 7) is 3.00. The van der Waals surface area contributed by atoms with Gasteiger partial charge in [-0.15, -0.1) is 0 Å². The van der Waals surface area contributed by atoms with Gasteiger partial charge in [0, 0.05) is 28.5 Å². The minimum absolute atomic E-state index is 0.920. The van der Waals surface area contributed by atoms with E-state index in [1.165, 1.54) is 0 Å². The molecule has 82 valence electrons. The summed E-state index contributed by atoms with van der Waals surface area (Å²) in [4.78, 5) is 4.37. The number of benzene rings is 1. The molecule has 0 aliphatic heterocycles. The van der Waals surface area contributed by atoms with E-state index in [1.54, 1.807) is 0 Å². The van der Waals surface area contributed by atoms with Gasteiger partial charge in [0.2, 0.25) is 0 Å².